The number of rotatable bonds is 4. The van der Waals surface area contributed by atoms with E-state index in [0.717, 1.165) is 19.5 Å². The molecule has 114 valence electrons. The minimum absolute atomic E-state index is 0.00524. The second-order valence-corrected chi connectivity index (χ2v) is 5.57. The summed E-state index contributed by atoms with van der Waals surface area (Å²) in [5.41, 5.74) is 1.81. The molecule has 1 atom stereocenters. The zero-order valence-electron chi connectivity index (χ0n) is 12.5. The van der Waals surface area contributed by atoms with E-state index >= 15 is 0 Å². The van der Waals surface area contributed by atoms with Gasteiger partial charge in [-0.2, -0.15) is 0 Å². The van der Waals surface area contributed by atoms with Crippen LogP contribution in [0.2, 0.25) is 0 Å². The van der Waals surface area contributed by atoms with Gasteiger partial charge in [0.05, 0.1) is 0 Å². The Hall–Kier alpha value is -2.40. The lowest BCUT2D eigenvalue weighted by molar-refractivity contribution is 0.0743. The number of amides is 1. The lowest BCUT2D eigenvalue weighted by Gasteiger charge is -2.23. The molecule has 3 rings (SSSR count). The van der Waals surface area contributed by atoms with Gasteiger partial charge in [0.1, 0.15) is 0 Å². The van der Waals surface area contributed by atoms with Crippen molar-refractivity contribution in [2.24, 2.45) is 0 Å². The highest BCUT2D eigenvalue weighted by atomic mass is 16.2. The highest BCUT2D eigenvalue weighted by Gasteiger charge is 2.24. The Morgan fingerprint density at radius 3 is 2.41 bits per heavy atom. The molecule has 0 bridgehead atoms. The van der Waals surface area contributed by atoms with E-state index < -0.39 is 0 Å². The highest BCUT2D eigenvalue weighted by Crippen LogP contribution is 2.14. The number of hydrogen-bond donors (Lipinski definition) is 2. The van der Waals surface area contributed by atoms with Crippen molar-refractivity contribution in [1.82, 2.24) is 15.2 Å². The van der Waals surface area contributed by atoms with Crippen LogP contribution >= 0.6 is 0 Å². The van der Waals surface area contributed by atoms with Crippen LogP contribution in [0.3, 0.4) is 0 Å². The molecular weight excluding hydrogens is 278 g/mol. The fourth-order valence-electron chi connectivity index (χ4n) is 2.74. The van der Waals surface area contributed by atoms with Crippen molar-refractivity contribution in [3.8, 4) is 0 Å². The molecule has 2 aromatic rings. The maximum Gasteiger partial charge on any atom is 0.253 e. The first-order valence-electron chi connectivity index (χ1n) is 7.42. The standard InChI is InChI=1S/C17H19N3O2/c1-20(15-7-9-19-11-15)17(22)13-4-2-12(3-5-13)16(21)14-6-8-18-10-14/h2-6,8,10,15,18-19H,7,9,11H2,1H3. The summed E-state index contributed by atoms with van der Waals surface area (Å²) in [6, 6.07) is 8.85. The maximum absolute atomic E-state index is 12.4. The minimum Gasteiger partial charge on any atom is -0.367 e. The monoisotopic (exact) mass is 297 g/mol. The number of nitrogens with one attached hydrogen (secondary N) is 2. The maximum atomic E-state index is 12.4. The van der Waals surface area contributed by atoms with Crippen LogP contribution in [0.25, 0.3) is 0 Å². The largest absolute Gasteiger partial charge is 0.367 e. The number of likely N-dealkylation sites (N-methyl/N-ethyl adjacent to an activating group) is 1. The Balaban J connectivity index is 1.73. The number of benzene rings is 1. The molecule has 0 radical (unpaired) electrons. The number of aromatic nitrogens is 1. The van der Waals surface area contributed by atoms with Gasteiger partial charge in [-0.1, -0.05) is 12.1 Å². The van der Waals surface area contributed by atoms with Gasteiger partial charge >= 0.3 is 0 Å². The molecule has 1 aromatic heterocycles. The van der Waals surface area contributed by atoms with Gasteiger partial charge in [-0.3, -0.25) is 9.59 Å². The van der Waals surface area contributed by atoms with Crippen molar-refractivity contribution in [2.75, 3.05) is 20.1 Å². The van der Waals surface area contributed by atoms with Crippen molar-refractivity contribution in [2.45, 2.75) is 12.5 Å². The molecule has 1 amide bonds. The van der Waals surface area contributed by atoms with Crippen LogP contribution in [-0.2, 0) is 0 Å². The number of aromatic amines is 1. The van der Waals surface area contributed by atoms with Crippen molar-refractivity contribution in [3.63, 3.8) is 0 Å². The lowest BCUT2D eigenvalue weighted by Crippen LogP contribution is -2.38. The number of nitrogens with zero attached hydrogens (tertiary/aromatic N) is 1. The molecule has 1 unspecified atom stereocenters. The number of ketones is 1. The summed E-state index contributed by atoms with van der Waals surface area (Å²) in [4.78, 5) is 29.3. The molecule has 2 N–H and O–H groups in total. The van der Waals surface area contributed by atoms with Crippen molar-refractivity contribution < 1.29 is 9.59 Å². The summed E-state index contributed by atoms with van der Waals surface area (Å²) in [6.45, 7) is 1.79. The van der Waals surface area contributed by atoms with E-state index in [-0.39, 0.29) is 17.7 Å². The molecule has 1 aromatic carbocycles. The van der Waals surface area contributed by atoms with Gasteiger partial charge in [0.25, 0.3) is 5.91 Å². The molecule has 1 saturated heterocycles. The van der Waals surface area contributed by atoms with E-state index in [4.69, 9.17) is 0 Å². The molecule has 1 fully saturated rings. The van der Waals surface area contributed by atoms with Crippen molar-refractivity contribution >= 4 is 11.7 Å². The molecule has 1 aliphatic heterocycles. The summed E-state index contributed by atoms with van der Waals surface area (Å²) >= 11 is 0. The van der Waals surface area contributed by atoms with Gasteiger partial charge in [-0.15, -0.1) is 0 Å². The van der Waals surface area contributed by atoms with Crippen LogP contribution in [0.15, 0.2) is 42.7 Å². The zero-order chi connectivity index (χ0) is 15.5. The highest BCUT2D eigenvalue weighted by molar-refractivity contribution is 6.09. The van der Waals surface area contributed by atoms with E-state index in [0.29, 0.717) is 16.7 Å². The molecule has 1 aliphatic rings. The van der Waals surface area contributed by atoms with E-state index in [2.05, 4.69) is 10.3 Å². The topological polar surface area (TPSA) is 65.2 Å². The minimum atomic E-state index is -0.0476. The summed E-state index contributed by atoms with van der Waals surface area (Å²) in [7, 11) is 1.83. The Morgan fingerprint density at radius 1 is 1.09 bits per heavy atom. The smallest absolute Gasteiger partial charge is 0.253 e. The van der Waals surface area contributed by atoms with Crippen LogP contribution < -0.4 is 5.32 Å². The van der Waals surface area contributed by atoms with E-state index in [1.165, 1.54) is 0 Å². The molecule has 2 heterocycles. The summed E-state index contributed by atoms with van der Waals surface area (Å²) in [6.07, 6.45) is 4.37. The average molecular weight is 297 g/mol. The zero-order valence-corrected chi connectivity index (χ0v) is 12.5. The third-order valence-corrected chi connectivity index (χ3v) is 4.16. The third-order valence-electron chi connectivity index (χ3n) is 4.16. The molecular formula is C17H19N3O2. The Kier molecular flexibility index (Phi) is 4.06. The first kappa shape index (κ1) is 14.5. The van der Waals surface area contributed by atoms with Gasteiger partial charge in [0, 0.05) is 48.7 Å². The molecule has 5 heteroatoms. The van der Waals surface area contributed by atoms with E-state index in [1.807, 2.05) is 7.05 Å². The van der Waals surface area contributed by atoms with Gasteiger partial charge < -0.3 is 15.2 Å². The van der Waals surface area contributed by atoms with Crippen LogP contribution in [0.4, 0.5) is 0 Å². The molecule has 5 nitrogen and oxygen atoms in total. The fourth-order valence-corrected chi connectivity index (χ4v) is 2.74. The number of H-pyrrole nitrogens is 1. The van der Waals surface area contributed by atoms with E-state index in [1.54, 1.807) is 47.6 Å². The van der Waals surface area contributed by atoms with Crippen LogP contribution in [0, 0.1) is 0 Å². The quantitative estimate of drug-likeness (QED) is 0.844. The Morgan fingerprint density at radius 2 is 1.82 bits per heavy atom. The first-order chi connectivity index (χ1) is 10.7. The second kappa shape index (κ2) is 6.15. The van der Waals surface area contributed by atoms with Crippen LogP contribution in [0.1, 0.15) is 32.7 Å². The molecule has 0 saturated carbocycles. The van der Waals surface area contributed by atoms with Gasteiger partial charge in [0.2, 0.25) is 0 Å². The lowest BCUT2D eigenvalue weighted by atomic mass is 10.0. The molecule has 0 aliphatic carbocycles. The number of carbonyl (C=O) groups is 2. The number of carbonyl (C=O) groups excluding carboxylic acids is 2. The summed E-state index contributed by atoms with van der Waals surface area (Å²) in [5, 5.41) is 3.26. The van der Waals surface area contributed by atoms with Gasteiger partial charge in [-0.25, -0.2) is 0 Å². The second-order valence-electron chi connectivity index (χ2n) is 5.57. The molecule has 22 heavy (non-hydrogen) atoms. The van der Waals surface area contributed by atoms with Crippen molar-refractivity contribution in [3.05, 3.63) is 59.4 Å². The van der Waals surface area contributed by atoms with Crippen molar-refractivity contribution in [1.29, 1.82) is 0 Å². The third kappa shape index (κ3) is 2.80. The summed E-state index contributed by atoms with van der Waals surface area (Å²) < 4.78 is 0. The predicted molar refractivity (Wildman–Crippen MR) is 84.0 cm³/mol. The van der Waals surface area contributed by atoms with E-state index in [9.17, 15) is 9.59 Å². The first-order valence-corrected chi connectivity index (χ1v) is 7.42. The fraction of sp³-hybridized carbons (Fsp3) is 0.294. The number of hydrogen-bond acceptors (Lipinski definition) is 3. The van der Waals surface area contributed by atoms with Crippen LogP contribution in [-0.4, -0.2) is 47.8 Å². The van der Waals surface area contributed by atoms with Gasteiger partial charge in [0.15, 0.2) is 5.78 Å². The van der Waals surface area contributed by atoms with Gasteiger partial charge in [-0.05, 0) is 31.2 Å². The predicted octanol–water partition coefficient (Wildman–Crippen LogP) is 1.68. The Labute approximate surface area is 129 Å². The van der Waals surface area contributed by atoms with Crippen LogP contribution in [0.5, 0.6) is 0 Å². The Bertz CT molecular complexity index is 656. The average Bonchev–Trinajstić information content (AvgIpc) is 3.26. The SMILES string of the molecule is CN(C(=O)c1ccc(C(=O)c2cc[nH]c2)cc1)C1CCNC1. The summed E-state index contributed by atoms with van der Waals surface area (Å²) in [5.74, 6) is -0.0528. The normalized spacial score (nSPS) is 17.4. The molecule has 0 spiro atoms.